The molecule has 0 spiro atoms. The Kier molecular flexibility index (Phi) is 6.20. The summed E-state index contributed by atoms with van der Waals surface area (Å²) in [6.45, 7) is 6.18. The number of amides is 1. The number of rotatable bonds is 7. The lowest BCUT2D eigenvalue weighted by atomic mass is 10.1. The van der Waals surface area contributed by atoms with Crippen LogP contribution < -0.4 is 14.8 Å². The summed E-state index contributed by atoms with van der Waals surface area (Å²) in [6.07, 6.45) is 0.284. The van der Waals surface area contributed by atoms with Gasteiger partial charge in [0.05, 0.1) is 37.4 Å². The van der Waals surface area contributed by atoms with E-state index in [-0.39, 0.29) is 18.4 Å². The van der Waals surface area contributed by atoms with Crippen molar-refractivity contribution in [2.45, 2.75) is 39.2 Å². The molecule has 0 aliphatic rings. The molecule has 1 amide bonds. The topological polar surface area (TPSA) is 60.5 Å². The van der Waals surface area contributed by atoms with E-state index >= 15 is 0 Å². The third-order valence-electron chi connectivity index (χ3n) is 3.67. The molecule has 1 aromatic heterocycles. The second-order valence-corrected chi connectivity index (χ2v) is 6.81. The number of nitrogens with one attached hydrogen (secondary N) is 1. The van der Waals surface area contributed by atoms with Crippen LogP contribution in [0.2, 0.25) is 0 Å². The summed E-state index contributed by atoms with van der Waals surface area (Å²) in [7, 11) is 3.17. The lowest BCUT2D eigenvalue weighted by Gasteiger charge is -2.13. The Balaban J connectivity index is 1.99. The fraction of sp³-hybridized carbons (Fsp3) is 0.444. The van der Waals surface area contributed by atoms with Crippen LogP contribution in [0.1, 0.15) is 49.0 Å². The van der Waals surface area contributed by atoms with Crippen molar-refractivity contribution in [3.63, 3.8) is 0 Å². The van der Waals surface area contributed by atoms with E-state index in [0.717, 1.165) is 16.3 Å². The van der Waals surface area contributed by atoms with Crippen LogP contribution in [0.4, 0.5) is 0 Å². The van der Waals surface area contributed by atoms with Gasteiger partial charge in [-0.05, 0) is 24.6 Å². The molecular weight excluding hydrogens is 324 g/mol. The van der Waals surface area contributed by atoms with Gasteiger partial charge >= 0.3 is 0 Å². The van der Waals surface area contributed by atoms with E-state index in [1.54, 1.807) is 31.6 Å². The smallest absolute Gasteiger partial charge is 0.224 e. The summed E-state index contributed by atoms with van der Waals surface area (Å²) in [5, 5.41) is 6.10. The van der Waals surface area contributed by atoms with Crippen LogP contribution in [0.25, 0.3) is 0 Å². The highest BCUT2D eigenvalue weighted by Crippen LogP contribution is 2.28. The molecule has 1 heterocycles. The maximum absolute atomic E-state index is 12.3. The van der Waals surface area contributed by atoms with Gasteiger partial charge in [-0.15, -0.1) is 11.3 Å². The molecule has 6 heteroatoms. The summed E-state index contributed by atoms with van der Waals surface area (Å²) < 4.78 is 10.5. The molecule has 0 saturated heterocycles. The molecular formula is C18H24N2O3S. The Hall–Kier alpha value is -2.08. The van der Waals surface area contributed by atoms with Gasteiger partial charge in [0.1, 0.15) is 0 Å². The van der Waals surface area contributed by atoms with Crippen molar-refractivity contribution in [3.05, 3.63) is 39.8 Å². The number of thiazole rings is 1. The van der Waals surface area contributed by atoms with Gasteiger partial charge in [0.15, 0.2) is 11.5 Å². The highest BCUT2D eigenvalue weighted by atomic mass is 32.1. The second-order valence-electron chi connectivity index (χ2n) is 5.92. The summed E-state index contributed by atoms with van der Waals surface area (Å²) in [5.74, 6) is 1.63. The molecule has 0 bridgehead atoms. The Morgan fingerprint density at radius 1 is 1.21 bits per heavy atom. The van der Waals surface area contributed by atoms with Crippen molar-refractivity contribution in [2.24, 2.45) is 0 Å². The number of methoxy groups -OCH3 is 2. The van der Waals surface area contributed by atoms with E-state index in [9.17, 15) is 4.79 Å². The zero-order chi connectivity index (χ0) is 17.7. The normalized spacial score (nSPS) is 12.1. The van der Waals surface area contributed by atoms with Gasteiger partial charge in [-0.3, -0.25) is 4.79 Å². The molecule has 24 heavy (non-hydrogen) atoms. The maximum atomic E-state index is 12.3. The van der Waals surface area contributed by atoms with E-state index in [2.05, 4.69) is 24.1 Å². The van der Waals surface area contributed by atoms with Gasteiger partial charge in [0, 0.05) is 11.3 Å². The van der Waals surface area contributed by atoms with Gasteiger partial charge in [-0.25, -0.2) is 4.98 Å². The molecule has 1 unspecified atom stereocenters. The van der Waals surface area contributed by atoms with Crippen LogP contribution in [-0.4, -0.2) is 25.1 Å². The van der Waals surface area contributed by atoms with Crippen LogP contribution in [-0.2, 0) is 11.2 Å². The first-order valence-electron chi connectivity index (χ1n) is 7.90. The van der Waals surface area contributed by atoms with Crippen molar-refractivity contribution in [3.8, 4) is 11.5 Å². The molecule has 1 N–H and O–H groups in total. The monoisotopic (exact) mass is 348 g/mol. The number of carbonyl (C=O) groups is 1. The van der Waals surface area contributed by atoms with E-state index in [1.807, 2.05) is 24.4 Å². The van der Waals surface area contributed by atoms with Crippen molar-refractivity contribution in [1.29, 1.82) is 0 Å². The van der Waals surface area contributed by atoms with Gasteiger partial charge in [-0.1, -0.05) is 19.9 Å². The Labute approximate surface area is 147 Å². The number of ether oxygens (including phenoxy) is 2. The van der Waals surface area contributed by atoms with Crippen LogP contribution in [0.3, 0.4) is 0 Å². The zero-order valence-corrected chi connectivity index (χ0v) is 15.6. The third kappa shape index (κ3) is 4.47. The second kappa shape index (κ2) is 8.15. The highest BCUT2D eigenvalue weighted by Gasteiger charge is 2.15. The predicted molar refractivity (Wildman–Crippen MR) is 96.0 cm³/mol. The molecule has 0 saturated carbocycles. The minimum Gasteiger partial charge on any atom is -0.493 e. The summed E-state index contributed by atoms with van der Waals surface area (Å²) >= 11 is 1.63. The van der Waals surface area contributed by atoms with Crippen molar-refractivity contribution < 1.29 is 14.3 Å². The van der Waals surface area contributed by atoms with Gasteiger partial charge < -0.3 is 14.8 Å². The first-order chi connectivity index (χ1) is 11.4. The summed E-state index contributed by atoms with van der Waals surface area (Å²) in [5.41, 5.74) is 1.78. The SMILES string of the molecule is COc1ccc(CC(=O)NC(C)c2csc(C(C)C)n2)cc1OC. The maximum Gasteiger partial charge on any atom is 0.224 e. The number of hydrogen-bond acceptors (Lipinski definition) is 5. The Bertz CT molecular complexity index is 697. The molecule has 0 fully saturated rings. The number of aromatic nitrogens is 1. The fourth-order valence-corrected chi connectivity index (χ4v) is 3.24. The first-order valence-corrected chi connectivity index (χ1v) is 8.78. The molecule has 2 aromatic rings. The molecule has 0 radical (unpaired) electrons. The molecule has 1 aromatic carbocycles. The third-order valence-corrected chi connectivity index (χ3v) is 4.83. The number of benzene rings is 1. The van der Waals surface area contributed by atoms with Crippen molar-refractivity contribution in [1.82, 2.24) is 10.3 Å². The standard InChI is InChI=1S/C18H24N2O3S/c1-11(2)18-20-14(10-24-18)12(3)19-17(21)9-13-6-7-15(22-4)16(8-13)23-5/h6-8,10-12H,9H2,1-5H3,(H,19,21). The summed E-state index contributed by atoms with van der Waals surface area (Å²) in [4.78, 5) is 16.9. The average molecular weight is 348 g/mol. The van der Waals surface area contributed by atoms with Crippen LogP contribution in [0.15, 0.2) is 23.6 Å². The Morgan fingerprint density at radius 3 is 2.50 bits per heavy atom. The van der Waals surface area contributed by atoms with E-state index in [0.29, 0.717) is 17.4 Å². The van der Waals surface area contributed by atoms with Crippen LogP contribution in [0.5, 0.6) is 11.5 Å². The molecule has 130 valence electrons. The molecule has 0 aliphatic carbocycles. The average Bonchev–Trinajstić information content (AvgIpc) is 3.05. The molecule has 1 atom stereocenters. The van der Waals surface area contributed by atoms with Gasteiger partial charge in [0.2, 0.25) is 5.91 Å². The minimum absolute atomic E-state index is 0.0474. The quantitative estimate of drug-likeness (QED) is 0.829. The molecule has 5 nitrogen and oxygen atoms in total. The number of hydrogen-bond donors (Lipinski definition) is 1. The van der Waals surface area contributed by atoms with Gasteiger partial charge in [0.25, 0.3) is 0 Å². The zero-order valence-electron chi connectivity index (χ0n) is 14.8. The van der Waals surface area contributed by atoms with Crippen molar-refractivity contribution in [2.75, 3.05) is 14.2 Å². The molecule has 2 rings (SSSR count). The lowest BCUT2D eigenvalue weighted by molar-refractivity contribution is -0.121. The summed E-state index contributed by atoms with van der Waals surface area (Å²) in [6, 6.07) is 5.38. The first kappa shape index (κ1) is 18.3. The largest absolute Gasteiger partial charge is 0.493 e. The minimum atomic E-state index is -0.110. The van der Waals surface area contributed by atoms with E-state index in [4.69, 9.17) is 9.47 Å². The predicted octanol–water partition coefficient (Wildman–Crippen LogP) is 3.70. The fourth-order valence-electron chi connectivity index (χ4n) is 2.31. The van der Waals surface area contributed by atoms with Gasteiger partial charge in [-0.2, -0.15) is 0 Å². The lowest BCUT2D eigenvalue weighted by Crippen LogP contribution is -2.28. The van der Waals surface area contributed by atoms with E-state index in [1.165, 1.54) is 0 Å². The van der Waals surface area contributed by atoms with Crippen molar-refractivity contribution >= 4 is 17.2 Å². The van der Waals surface area contributed by atoms with Crippen LogP contribution >= 0.6 is 11.3 Å². The number of nitrogens with zero attached hydrogens (tertiary/aromatic N) is 1. The number of carbonyl (C=O) groups excluding carboxylic acids is 1. The molecule has 0 aliphatic heterocycles. The highest BCUT2D eigenvalue weighted by molar-refractivity contribution is 7.09. The van der Waals surface area contributed by atoms with E-state index < -0.39 is 0 Å². The van der Waals surface area contributed by atoms with Crippen LogP contribution in [0, 0.1) is 0 Å². The Morgan fingerprint density at radius 2 is 1.92 bits per heavy atom.